The van der Waals surface area contributed by atoms with Gasteiger partial charge in [-0.2, -0.15) is 0 Å². The molecule has 0 aliphatic carbocycles. The first kappa shape index (κ1) is 33.9. The van der Waals surface area contributed by atoms with Crippen LogP contribution in [0, 0.1) is 5.92 Å². The van der Waals surface area contributed by atoms with Crippen LogP contribution in [0.5, 0.6) is 0 Å². The van der Waals surface area contributed by atoms with Gasteiger partial charge < -0.3 is 25.5 Å². The van der Waals surface area contributed by atoms with E-state index in [2.05, 4.69) is 26.3 Å². The highest BCUT2D eigenvalue weighted by Gasteiger charge is 1.78. The maximum Gasteiger partial charge on any atom is 0.327 e. The monoisotopic (exact) mass is 374 g/mol. The van der Waals surface area contributed by atoms with Crippen molar-refractivity contribution >= 4 is 23.9 Å². The van der Waals surface area contributed by atoms with Crippen molar-refractivity contribution in [1.82, 2.24) is 0 Å². The highest BCUT2D eigenvalue weighted by atomic mass is 16.4. The largest absolute Gasteiger partial charge is 0.516 e. The van der Waals surface area contributed by atoms with Gasteiger partial charge in [0.25, 0.3) is 0 Å². The Balaban J connectivity index is -0.0000000708. The van der Waals surface area contributed by atoms with Crippen molar-refractivity contribution in [2.45, 2.75) is 13.8 Å². The van der Waals surface area contributed by atoms with Crippen molar-refractivity contribution < 1.29 is 44.7 Å². The van der Waals surface area contributed by atoms with E-state index in [0.717, 1.165) is 30.6 Å². The van der Waals surface area contributed by atoms with Gasteiger partial charge in [0, 0.05) is 24.3 Å². The van der Waals surface area contributed by atoms with Gasteiger partial charge in [-0.3, -0.25) is 0 Å². The number of aliphatic carboxylic acids is 4. The van der Waals surface area contributed by atoms with Crippen LogP contribution in [0.4, 0.5) is 0 Å². The molecule has 26 heavy (non-hydrogen) atoms. The zero-order chi connectivity index (χ0) is 22.1. The Kier molecular flexibility index (Phi) is 38.3. The van der Waals surface area contributed by atoms with Gasteiger partial charge in [-0.15, -0.1) is 0 Å². The lowest BCUT2D eigenvalue weighted by Gasteiger charge is -1.86. The van der Waals surface area contributed by atoms with E-state index < -0.39 is 23.9 Å². The molecule has 0 radical (unpaired) electrons. The van der Waals surface area contributed by atoms with Crippen LogP contribution in [0.3, 0.4) is 0 Å². The average Bonchev–Trinajstić information content (AvgIpc) is 2.56. The lowest BCUT2D eigenvalue weighted by atomic mass is 10.2. The highest BCUT2D eigenvalue weighted by molar-refractivity contribution is 5.79. The van der Waals surface area contributed by atoms with Crippen LogP contribution in [0.1, 0.15) is 13.8 Å². The summed E-state index contributed by atoms with van der Waals surface area (Å²) in [7, 11) is 0. The minimum absolute atomic E-state index is 0.468. The molecule has 9 nitrogen and oxygen atoms in total. The molecule has 0 aromatic rings. The second-order valence-corrected chi connectivity index (χ2v) is 3.75. The van der Waals surface area contributed by atoms with Gasteiger partial charge >= 0.3 is 23.9 Å². The Morgan fingerprint density at radius 1 is 0.654 bits per heavy atom. The Morgan fingerprint density at radius 3 is 0.808 bits per heavy atom. The maximum atomic E-state index is 9.25. The van der Waals surface area contributed by atoms with Crippen LogP contribution in [0.25, 0.3) is 0 Å². The van der Waals surface area contributed by atoms with Gasteiger partial charge in [0.1, 0.15) is 0 Å². The number of carbonyl (C=O) groups is 4. The number of hydrogen-bond acceptors (Lipinski definition) is 5. The molecular weight excluding hydrogens is 348 g/mol. The molecule has 0 amide bonds. The summed E-state index contributed by atoms with van der Waals surface area (Å²) in [5.74, 6) is -3.46. The fourth-order valence-electron chi connectivity index (χ4n) is 0.172. The number of aliphatic hydroxyl groups is 1. The minimum atomic E-state index is -0.981. The van der Waals surface area contributed by atoms with Crippen molar-refractivity contribution in [3.8, 4) is 0 Å². The normalized spacial score (nSPS) is 7.50. The van der Waals surface area contributed by atoms with E-state index in [9.17, 15) is 19.2 Å². The first-order valence-corrected chi connectivity index (χ1v) is 6.58. The molecule has 0 atom stereocenters. The summed E-state index contributed by atoms with van der Waals surface area (Å²) in [5.41, 5.74) is 0. The molecule has 0 heterocycles. The predicted octanol–water partition coefficient (Wildman–Crippen LogP) is 2.74. The molecule has 0 rings (SSSR count). The maximum absolute atomic E-state index is 9.25. The van der Waals surface area contributed by atoms with Crippen LogP contribution in [0.15, 0.2) is 63.0 Å². The third-order valence-corrected chi connectivity index (χ3v) is 1.17. The summed E-state index contributed by atoms with van der Waals surface area (Å²) in [6.45, 7) is 15.9. The molecule has 0 aromatic carbocycles. The Labute approximate surface area is 152 Å². The van der Waals surface area contributed by atoms with E-state index in [4.69, 9.17) is 25.5 Å². The van der Waals surface area contributed by atoms with Crippen molar-refractivity contribution in [3.05, 3.63) is 63.0 Å². The molecule has 0 spiro atoms. The topological polar surface area (TPSA) is 169 Å². The lowest BCUT2D eigenvalue weighted by molar-refractivity contribution is -0.132. The lowest BCUT2D eigenvalue weighted by Crippen LogP contribution is -1.82. The molecule has 0 bridgehead atoms. The third kappa shape index (κ3) is 141. The Hall–Kier alpha value is -3.62. The Morgan fingerprint density at radius 2 is 0.808 bits per heavy atom. The third-order valence-electron chi connectivity index (χ3n) is 1.17. The van der Waals surface area contributed by atoms with Crippen LogP contribution in [-0.4, -0.2) is 49.4 Å². The standard InChI is InChI=1S/C5H10O.4C3H4O2/c1-5(2)3-4-6;4*1-2-3(4)5/h3-6H,1-2H3;4*2H,1H2,(H,4,5). The van der Waals surface area contributed by atoms with Crippen molar-refractivity contribution in [3.63, 3.8) is 0 Å². The summed E-state index contributed by atoms with van der Waals surface area (Å²) < 4.78 is 0. The van der Waals surface area contributed by atoms with Crippen LogP contribution >= 0.6 is 0 Å². The van der Waals surface area contributed by atoms with E-state index in [-0.39, 0.29) is 0 Å². The summed E-state index contributed by atoms with van der Waals surface area (Å²) in [6, 6.07) is 0. The molecule has 0 aliphatic rings. The van der Waals surface area contributed by atoms with Gasteiger partial charge in [0.2, 0.25) is 0 Å². The van der Waals surface area contributed by atoms with Crippen molar-refractivity contribution in [2.24, 2.45) is 5.92 Å². The second kappa shape index (κ2) is 29.4. The van der Waals surface area contributed by atoms with Crippen molar-refractivity contribution in [1.29, 1.82) is 0 Å². The van der Waals surface area contributed by atoms with Gasteiger partial charge in [-0.1, -0.05) is 40.2 Å². The van der Waals surface area contributed by atoms with Crippen LogP contribution in [0.2, 0.25) is 0 Å². The summed E-state index contributed by atoms with van der Waals surface area (Å²) >= 11 is 0. The van der Waals surface area contributed by atoms with Gasteiger partial charge in [-0.05, 0) is 12.0 Å². The quantitative estimate of drug-likeness (QED) is 0.358. The number of allylic oxidation sites excluding steroid dienone is 1. The molecule has 0 fully saturated rings. The second-order valence-electron chi connectivity index (χ2n) is 3.75. The summed E-state index contributed by atoms with van der Waals surface area (Å²) in [6.07, 6.45) is 6.13. The number of rotatable bonds is 5. The van der Waals surface area contributed by atoms with Crippen molar-refractivity contribution in [2.75, 3.05) is 0 Å². The fourth-order valence-corrected chi connectivity index (χ4v) is 0.172. The highest BCUT2D eigenvalue weighted by Crippen LogP contribution is 1.89. The Bertz CT molecular complexity index is 403. The minimum Gasteiger partial charge on any atom is -0.516 e. The van der Waals surface area contributed by atoms with E-state index in [0.29, 0.717) is 5.92 Å². The van der Waals surface area contributed by atoms with E-state index in [1.807, 2.05) is 13.8 Å². The molecule has 0 aromatic heterocycles. The fraction of sp³-hybridized carbons (Fsp3) is 0.176. The average molecular weight is 374 g/mol. The molecular formula is C17H26O9. The first-order valence-electron chi connectivity index (χ1n) is 6.58. The van der Waals surface area contributed by atoms with Gasteiger partial charge in [0.05, 0.1) is 6.26 Å². The molecule has 5 N–H and O–H groups in total. The molecule has 148 valence electrons. The zero-order valence-electron chi connectivity index (χ0n) is 14.7. The number of hydrogen-bond donors (Lipinski definition) is 5. The zero-order valence-corrected chi connectivity index (χ0v) is 14.7. The van der Waals surface area contributed by atoms with E-state index >= 15 is 0 Å². The molecule has 0 aliphatic heterocycles. The van der Waals surface area contributed by atoms with Crippen LogP contribution in [-0.2, 0) is 19.2 Å². The van der Waals surface area contributed by atoms with E-state index in [1.165, 1.54) is 0 Å². The number of carboxylic acids is 4. The van der Waals surface area contributed by atoms with Gasteiger partial charge in [0.15, 0.2) is 0 Å². The predicted molar refractivity (Wildman–Crippen MR) is 97.9 cm³/mol. The first-order chi connectivity index (χ1) is 11.9. The van der Waals surface area contributed by atoms with E-state index in [1.54, 1.807) is 6.08 Å². The summed E-state index contributed by atoms with van der Waals surface area (Å²) in [5, 5.41) is 38.5. The smallest absolute Gasteiger partial charge is 0.327 e. The molecule has 0 saturated carbocycles. The van der Waals surface area contributed by atoms with Gasteiger partial charge in [-0.25, -0.2) is 19.2 Å². The number of carboxylic acid groups (broad SMARTS) is 4. The number of aliphatic hydroxyl groups excluding tert-OH is 1. The molecule has 9 heteroatoms. The van der Waals surface area contributed by atoms with Crippen LogP contribution < -0.4 is 0 Å². The molecule has 0 saturated heterocycles. The molecule has 0 unspecified atom stereocenters. The summed E-state index contributed by atoms with van der Waals surface area (Å²) in [4.78, 5) is 37.0. The SMILES string of the molecule is C=CC(=O)O.C=CC(=O)O.C=CC(=O)O.C=CC(=O)O.CC(C)C=CO.